The Kier molecular flexibility index (Phi) is 7.09. The number of hydrogen-bond donors (Lipinski definition) is 1. The molecule has 0 atom stereocenters. The summed E-state index contributed by atoms with van der Waals surface area (Å²) in [7, 11) is 1.21. The Morgan fingerprint density at radius 1 is 1.03 bits per heavy atom. The lowest BCUT2D eigenvalue weighted by atomic mass is 10.1. The number of anilines is 2. The maximum atomic E-state index is 14.3. The highest BCUT2D eigenvalue weighted by Crippen LogP contribution is 2.29. The molecule has 3 rings (SSSR count). The molecule has 1 aromatic heterocycles. The average molecular weight is 441 g/mol. The van der Waals surface area contributed by atoms with E-state index in [4.69, 9.17) is 9.47 Å². The maximum absolute atomic E-state index is 14.3. The maximum Gasteiger partial charge on any atom is 0.343 e. The summed E-state index contributed by atoms with van der Waals surface area (Å²) in [6.07, 6.45) is 0.116. The molecule has 2 aromatic carbocycles. The number of halogens is 2. The van der Waals surface area contributed by atoms with Crippen LogP contribution in [0.15, 0.2) is 42.5 Å². The molecule has 9 heteroatoms. The summed E-state index contributed by atoms with van der Waals surface area (Å²) in [6.45, 7) is 3.55. The van der Waals surface area contributed by atoms with Gasteiger partial charge in [-0.15, -0.1) is 0 Å². The third-order valence-electron chi connectivity index (χ3n) is 4.54. The van der Waals surface area contributed by atoms with Gasteiger partial charge in [0.25, 0.3) is 0 Å². The van der Waals surface area contributed by atoms with Gasteiger partial charge in [-0.3, -0.25) is 4.79 Å². The molecule has 1 heterocycles. The summed E-state index contributed by atoms with van der Waals surface area (Å²) in [5.74, 6) is -2.89. The quantitative estimate of drug-likeness (QED) is 0.545. The first-order chi connectivity index (χ1) is 15.3. The minimum atomic E-state index is -0.829. The number of carbonyl (C=O) groups is 2. The second-order valence-corrected chi connectivity index (χ2v) is 6.75. The average Bonchev–Trinajstić information content (AvgIpc) is 2.74. The smallest absolute Gasteiger partial charge is 0.343 e. The first-order valence-electron chi connectivity index (χ1n) is 9.77. The van der Waals surface area contributed by atoms with Crippen LogP contribution in [0.2, 0.25) is 0 Å². The number of aromatic nitrogens is 2. The van der Waals surface area contributed by atoms with Crippen LogP contribution in [0.1, 0.15) is 28.5 Å². The van der Waals surface area contributed by atoms with Gasteiger partial charge in [-0.1, -0.05) is 18.2 Å². The van der Waals surface area contributed by atoms with E-state index in [2.05, 4.69) is 15.3 Å². The molecule has 0 aliphatic rings. The fraction of sp³-hybridized carbons (Fsp3) is 0.217. The predicted molar refractivity (Wildman–Crippen MR) is 114 cm³/mol. The standard InChI is InChI=1S/C23H21F2N3O4/c1-4-32-18(29)12-14-8-10-15(11-9-14)27-21-19(23(30)31-3)13(2)26-22(28-21)20-16(24)6-5-7-17(20)25/h5-11H,4,12H2,1-3H3,(H,26,27,28). The van der Waals surface area contributed by atoms with Gasteiger partial charge >= 0.3 is 11.9 Å². The van der Waals surface area contributed by atoms with E-state index in [1.165, 1.54) is 20.1 Å². The van der Waals surface area contributed by atoms with Gasteiger partial charge < -0.3 is 14.8 Å². The molecule has 0 saturated carbocycles. The Labute approximate surface area is 183 Å². The molecule has 32 heavy (non-hydrogen) atoms. The van der Waals surface area contributed by atoms with E-state index in [0.717, 1.165) is 17.7 Å². The summed E-state index contributed by atoms with van der Waals surface area (Å²) < 4.78 is 38.3. The van der Waals surface area contributed by atoms with Gasteiger partial charge in [-0.05, 0) is 43.7 Å². The monoisotopic (exact) mass is 441 g/mol. The van der Waals surface area contributed by atoms with Crippen LogP contribution in [0.25, 0.3) is 11.4 Å². The number of hydrogen-bond acceptors (Lipinski definition) is 7. The van der Waals surface area contributed by atoms with Crippen molar-refractivity contribution in [3.63, 3.8) is 0 Å². The fourth-order valence-electron chi connectivity index (χ4n) is 3.05. The van der Waals surface area contributed by atoms with Crippen LogP contribution < -0.4 is 5.32 Å². The highest BCUT2D eigenvalue weighted by molar-refractivity contribution is 5.96. The number of esters is 2. The SMILES string of the molecule is CCOC(=O)Cc1ccc(Nc2nc(-c3c(F)cccc3F)nc(C)c2C(=O)OC)cc1. The summed E-state index contributed by atoms with van der Waals surface area (Å²) in [5.41, 5.74) is 1.07. The fourth-order valence-corrected chi connectivity index (χ4v) is 3.05. The van der Waals surface area contributed by atoms with Crippen molar-refractivity contribution in [1.82, 2.24) is 9.97 Å². The minimum Gasteiger partial charge on any atom is -0.466 e. The van der Waals surface area contributed by atoms with E-state index in [0.29, 0.717) is 12.3 Å². The Morgan fingerprint density at radius 3 is 2.28 bits per heavy atom. The van der Waals surface area contributed by atoms with Gasteiger partial charge in [0, 0.05) is 5.69 Å². The van der Waals surface area contributed by atoms with E-state index in [-0.39, 0.29) is 35.3 Å². The Balaban J connectivity index is 1.99. The van der Waals surface area contributed by atoms with Crippen molar-refractivity contribution < 1.29 is 27.8 Å². The topological polar surface area (TPSA) is 90.4 Å². The van der Waals surface area contributed by atoms with E-state index in [9.17, 15) is 18.4 Å². The van der Waals surface area contributed by atoms with Gasteiger partial charge in [-0.25, -0.2) is 23.5 Å². The lowest BCUT2D eigenvalue weighted by Crippen LogP contribution is -2.13. The van der Waals surface area contributed by atoms with Gasteiger partial charge in [0.15, 0.2) is 5.82 Å². The lowest BCUT2D eigenvalue weighted by molar-refractivity contribution is -0.142. The first-order valence-corrected chi connectivity index (χ1v) is 9.77. The van der Waals surface area contributed by atoms with Crippen LogP contribution in [-0.4, -0.2) is 35.6 Å². The number of benzene rings is 2. The second-order valence-electron chi connectivity index (χ2n) is 6.75. The number of rotatable bonds is 7. The molecule has 0 amide bonds. The Bertz CT molecular complexity index is 1130. The van der Waals surface area contributed by atoms with Crippen molar-refractivity contribution in [1.29, 1.82) is 0 Å². The molecule has 0 aliphatic carbocycles. The van der Waals surface area contributed by atoms with Crippen molar-refractivity contribution in [3.8, 4) is 11.4 Å². The van der Waals surface area contributed by atoms with Gasteiger partial charge in [-0.2, -0.15) is 0 Å². The van der Waals surface area contributed by atoms with E-state index < -0.39 is 23.2 Å². The van der Waals surface area contributed by atoms with Crippen molar-refractivity contribution >= 4 is 23.4 Å². The molecule has 0 spiro atoms. The molecule has 0 aliphatic heterocycles. The Morgan fingerprint density at radius 2 is 1.69 bits per heavy atom. The summed E-state index contributed by atoms with van der Waals surface area (Å²) in [4.78, 5) is 32.3. The molecule has 166 valence electrons. The van der Waals surface area contributed by atoms with Gasteiger partial charge in [0.2, 0.25) is 0 Å². The van der Waals surface area contributed by atoms with Crippen molar-refractivity contribution in [2.45, 2.75) is 20.3 Å². The lowest BCUT2D eigenvalue weighted by Gasteiger charge is -2.14. The molecule has 3 aromatic rings. The highest BCUT2D eigenvalue weighted by Gasteiger charge is 2.23. The van der Waals surface area contributed by atoms with Crippen molar-refractivity contribution in [2.75, 3.05) is 19.0 Å². The number of nitrogens with one attached hydrogen (secondary N) is 1. The van der Waals surface area contributed by atoms with E-state index in [1.54, 1.807) is 31.2 Å². The number of carbonyl (C=O) groups excluding carboxylic acids is 2. The normalized spacial score (nSPS) is 10.5. The number of ether oxygens (including phenoxy) is 2. The molecule has 0 fully saturated rings. The third kappa shape index (κ3) is 5.05. The van der Waals surface area contributed by atoms with Crippen LogP contribution in [0.3, 0.4) is 0 Å². The molecule has 7 nitrogen and oxygen atoms in total. The van der Waals surface area contributed by atoms with Crippen LogP contribution >= 0.6 is 0 Å². The van der Waals surface area contributed by atoms with Gasteiger partial charge in [0.05, 0.1) is 31.4 Å². The molecule has 0 radical (unpaired) electrons. The van der Waals surface area contributed by atoms with E-state index >= 15 is 0 Å². The highest BCUT2D eigenvalue weighted by atomic mass is 19.1. The van der Waals surface area contributed by atoms with Crippen molar-refractivity contribution in [2.24, 2.45) is 0 Å². The number of nitrogens with zero attached hydrogens (tertiary/aromatic N) is 2. The van der Waals surface area contributed by atoms with E-state index in [1.807, 2.05) is 0 Å². The van der Waals surface area contributed by atoms with Crippen LogP contribution in [0.4, 0.5) is 20.3 Å². The van der Waals surface area contributed by atoms with Crippen LogP contribution in [0.5, 0.6) is 0 Å². The molecular weight excluding hydrogens is 420 g/mol. The molecule has 0 unspecified atom stereocenters. The summed E-state index contributed by atoms with van der Waals surface area (Å²) in [6, 6.07) is 10.2. The van der Waals surface area contributed by atoms with Gasteiger partial charge in [0.1, 0.15) is 23.0 Å². The molecule has 0 bridgehead atoms. The molecule has 0 saturated heterocycles. The van der Waals surface area contributed by atoms with Crippen LogP contribution in [-0.2, 0) is 20.7 Å². The number of aryl methyl sites for hydroxylation is 1. The largest absolute Gasteiger partial charge is 0.466 e. The molecule has 1 N–H and O–H groups in total. The Hall–Kier alpha value is -3.88. The van der Waals surface area contributed by atoms with Crippen molar-refractivity contribution in [3.05, 3.63) is 70.9 Å². The third-order valence-corrected chi connectivity index (χ3v) is 4.54. The minimum absolute atomic E-state index is 0.0279. The zero-order valence-corrected chi connectivity index (χ0v) is 17.7. The summed E-state index contributed by atoms with van der Waals surface area (Å²) >= 11 is 0. The molecular formula is C23H21F2N3O4. The summed E-state index contributed by atoms with van der Waals surface area (Å²) in [5, 5.41) is 2.97. The first kappa shape index (κ1) is 22.8. The number of methoxy groups -OCH3 is 1. The predicted octanol–water partition coefficient (Wildman–Crippen LogP) is 4.37. The van der Waals surface area contributed by atoms with Crippen LogP contribution in [0, 0.1) is 18.6 Å². The zero-order valence-electron chi connectivity index (χ0n) is 17.7. The second kappa shape index (κ2) is 9.95. The zero-order chi connectivity index (χ0) is 23.3.